The summed E-state index contributed by atoms with van der Waals surface area (Å²) in [7, 11) is 0. The Morgan fingerprint density at radius 2 is 1.68 bits per heavy atom. The molecular formula is C15H10O4. The Hall–Kier alpha value is -2.80. The van der Waals surface area contributed by atoms with Gasteiger partial charge in [0.1, 0.15) is 6.42 Å². The fourth-order valence-corrected chi connectivity index (χ4v) is 1.82. The highest BCUT2D eigenvalue weighted by Gasteiger charge is 2.08. The van der Waals surface area contributed by atoms with Crippen LogP contribution < -0.4 is 0 Å². The normalized spacial score (nSPS) is 9.68. The molecule has 0 atom stereocenters. The predicted octanol–water partition coefficient (Wildman–Crippen LogP) is 2.36. The Morgan fingerprint density at radius 1 is 1.00 bits per heavy atom. The summed E-state index contributed by atoms with van der Waals surface area (Å²) < 4.78 is 0. The zero-order valence-corrected chi connectivity index (χ0v) is 9.88. The molecule has 0 amide bonds. The van der Waals surface area contributed by atoms with Crippen LogP contribution in [0.3, 0.4) is 0 Å². The van der Waals surface area contributed by atoms with Crippen molar-refractivity contribution in [3.05, 3.63) is 47.5 Å². The van der Waals surface area contributed by atoms with Crippen molar-refractivity contribution < 1.29 is 19.8 Å². The van der Waals surface area contributed by atoms with E-state index in [1.807, 2.05) is 0 Å². The highest BCUT2D eigenvalue weighted by Crippen LogP contribution is 2.22. The molecule has 2 rings (SSSR count). The predicted molar refractivity (Wildman–Crippen MR) is 70.0 cm³/mol. The molecule has 0 heterocycles. The van der Waals surface area contributed by atoms with E-state index in [-0.39, 0.29) is 12.0 Å². The van der Waals surface area contributed by atoms with Crippen molar-refractivity contribution in [2.45, 2.75) is 6.42 Å². The van der Waals surface area contributed by atoms with Crippen molar-refractivity contribution in [1.82, 2.24) is 0 Å². The van der Waals surface area contributed by atoms with Gasteiger partial charge >= 0.3 is 11.9 Å². The fraction of sp³-hybridized carbons (Fsp3) is 0.0667. The maximum Gasteiger partial charge on any atom is 0.336 e. The van der Waals surface area contributed by atoms with E-state index in [1.165, 1.54) is 6.07 Å². The van der Waals surface area contributed by atoms with Crippen LogP contribution in [0.15, 0.2) is 36.4 Å². The van der Waals surface area contributed by atoms with E-state index in [9.17, 15) is 9.59 Å². The summed E-state index contributed by atoms with van der Waals surface area (Å²) in [6.07, 6.45) is -0.241. The summed E-state index contributed by atoms with van der Waals surface area (Å²) in [5.74, 6) is 3.32. The van der Waals surface area contributed by atoms with Gasteiger partial charge in [-0.1, -0.05) is 36.1 Å². The van der Waals surface area contributed by atoms with Gasteiger partial charge in [0.15, 0.2) is 0 Å². The van der Waals surface area contributed by atoms with Crippen LogP contribution in [0, 0.1) is 11.8 Å². The zero-order valence-electron chi connectivity index (χ0n) is 9.88. The first kappa shape index (κ1) is 12.7. The number of carbonyl (C=O) groups is 2. The van der Waals surface area contributed by atoms with E-state index in [1.54, 1.807) is 30.3 Å². The third kappa shape index (κ3) is 2.72. The van der Waals surface area contributed by atoms with Crippen LogP contribution in [-0.4, -0.2) is 22.2 Å². The molecule has 0 aliphatic heterocycles. The molecule has 4 heteroatoms. The van der Waals surface area contributed by atoms with Gasteiger partial charge in [0.25, 0.3) is 0 Å². The van der Waals surface area contributed by atoms with Crippen molar-refractivity contribution in [3.8, 4) is 11.8 Å². The van der Waals surface area contributed by atoms with Crippen molar-refractivity contribution in [1.29, 1.82) is 0 Å². The van der Waals surface area contributed by atoms with E-state index in [0.29, 0.717) is 16.3 Å². The first-order valence-corrected chi connectivity index (χ1v) is 5.55. The molecule has 2 aromatic carbocycles. The number of carboxylic acids is 2. The number of rotatable bonds is 2. The van der Waals surface area contributed by atoms with Gasteiger partial charge < -0.3 is 10.2 Å². The minimum Gasteiger partial charge on any atom is -0.481 e. The van der Waals surface area contributed by atoms with Crippen LogP contribution in [0.2, 0.25) is 0 Å². The molecule has 2 aromatic rings. The van der Waals surface area contributed by atoms with Crippen LogP contribution in [-0.2, 0) is 4.79 Å². The van der Waals surface area contributed by atoms with Crippen molar-refractivity contribution >= 4 is 22.7 Å². The second-order valence-corrected chi connectivity index (χ2v) is 3.88. The summed E-state index contributed by atoms with van der Waals surface area (Å²) in [6.45, 7) is 0. The van der Waals surface area contributed by atoms with E-state index < -0.39 is 11.9 Å². The Morgan fingerprint density at radius 3 is 2.37 bits per heavy atom. The second-order valence-electron chi connectivity index (χ2n) is 3.88. The van der Waals surface area contributed by atoms with Gasteiger partial charge in [0.2, 0.25) is 0 Å². The molecule has 0 saturated heterocycles. The maximum atomic E-state index is 11.1. The standard InChI is InChI=1S/C15H10O4/c16-14(17)9-2-5-10-4-1-7-12-11(10)6-3-8-13(12)15(18)19/h1,3-4,6-8H,9H2,(H,16,17)(H,18,19). The van der Waals surface area contributed by atoms with Gasteiger partial charge in [-0.2, -0.15) is 0 Å². The minimum absolute atomic E-state index is 0.208. The van der Waals surface area contributed by atoms with Crippen LogP contribution in [0.5, 0.6) is 0 Å². The lowest BCUT2D eigenvalue weighted by Gasteiger charge is -2.03. The molecule has 0 radical (unpaired) electrons. The molecule has 0 saturated carbocycles. The Bertz CT molecular complexity index is 720. The number of hydrogen-bond acceptors (Lipinski definition) is 2. The molecule has 19 heavy (non-hydrogen) atoms. The Kier molecular flexibility index (Phi) is 3.48. The highest BCUT2D eigenvalue weighted by molar-refractivity contribution is 6.05. The average molecular weight is 254 g/mol. The first-order valence-electron chi connectivity index (χ1n) is 5.55. The van der Waals surface area contributed by atoms with Crippen LogP contribution in [0.1, 0.15) is 22.3 Å². The molecular weight excluding hydrogens is 244 g/mol. The molecule has 0 aliphatic rings. The van der Waals surface area contributed by atoms with Crippen molar-refractivity contribution in [2.75, 3.05) is 0 Å². The van der Waals surface area contributed by atoms with Gasteiger partial charge in [0.05, 0.1) is 5.56 Å². The number of aliphatic carboxylic acids is 1. The topological polar surface area (TPSA) is 74.6 Å². The van der Waals surface area contributed by atoms with E-state index in [0.717, 1.165) is 0 Å². The molecule has 4 nitrogen and oxygen atoms in total. The molecule has 0 aliphatic carbocycles. The summed E-state index contributed by atoms with van der Waals surface area (Å²) in [6, 6.07) is 10.1. The maximum absolute atomic E-state index is 11.1. The molecule has 2 N–H and O–H groups in total. The van der Waals surface area contributed by atoms with Crippen LogP contribution >= 0.6 is 0 Å². The monoisotopic (exact) mass is 254 g/mol. The molecule has 0 aromatic heterocycles. The zero-order chi connectivity index (χ0) is 13.8. The molecule has 0 fully saturated rings. The fourth-order valence-electron chi connectivity index (χ4n) is 1.82. The number of fused-ring (bicyclic) bond motifs is 1. The van der Waals surface area contributed by atoms with E-state index in [2.05, 4.69) is 11.8 Å². The van der Waals surface area contributed by atoms with Gasteiger partial charge in [-0.25, -0.2) is 4.79 Å². The lowest BCUT2D eigenvalue weighted by molar-refractivity contribution is -0.135. The lowest BCUT2D eigenvalue weighted by atomic mass is 10.0. The number of carboxylic acid groups (broad SMARTS) is 2. The lowest BCUT2D eigenvalue weighted by Crippen LogP contribution is -1.97. The summed E-state index contributed by atoms with van der Waals surface area (Å²) in [5.41, 5.74) is 0.834. The summed E-state index contributed by atoms with van der Waals surface area (Å²) in [5, 5.41) is 19.0. The molecule has 0 unspecified atom stereocenters. The average Bonchev–Trinajstić information content (AvgIpc) is 2.37. The SMILES string of the molecule is O=C(O)CC#Cc1cccc2c(C(=O)O)cccc12. The summed E-state index contributed by atoms with van der Waals surface area (Å²) >= 11 is 0. The molecule has 0 bridgehead atoms. The minimum atomic E-state index is -0.999. The van der Waals surface area contributed by atoms with Crippen molar-refractivity contribution in [2.24, 2.45) is 0 Å². The third-order valence-electron chi connectivity index (χ3n) is 2.62. The highest BCUT2D eigenvalue weighted by atomic mass is 16.4. The van der Waals surface area contributed by atoms with Crippen LogP contribution in [0.4, 0.5) is 0 Å². The Balaban J connectivity index is 2.57. The van der Waals surface area contributed by atoms with E-state index >= 15 is 0 Å². The quantitative estimate of drug-likeness (QED) is 0.807. The summed E-state index contributed by atoms with van der Waals surface area (Å²) in [4.78, 5) is 21.5. The Labute approximate surface area is 109 Å². The largest absolute Gasteiger partial charge is 0.481 e. The molecule has 94 valence electrons. The van der Waals surface area contributed by atoms with E-state index in [4.69, 9.17) is 10.2 Å². The molecule has 0 spiro atoms. The van der Waals surface area contributed by atoms with Gasteiger partial charge in [-0.3, -0.25) is 4.79 Å². The second kappa shape index (κ2) is 5.23. The smallest absolute Gasteiger partial charge is 0.336 e. The van der Waals surface area contributed by atoms with Gasteiger partial charge in [-0.15, -0.1) is 0 Å². The number of aromatic carboxylic acids is 1. The van der Waals surface area contributed by atoms with Crippen LogP contribution in [0.25, 0.3) is 10.8 Å². The first-order chi connectivity index (χ1) is 9.09. The van der Waals surface area contributed by atoms with Gasteiger partial charge in [-0.05, 0) is 22.9 Å². The van der Waals surface area contributed by atoms with Crippen molar-refractivity contribution in [3.63, 3.8) is 0 Å². The number of hydrogen-bond donors (Lipinski definition) is 2. The van der Waals surface area contributed by atoms with Gasteiger partial charge in [0, 0.05) is 5.56 Å². The third-order valence-corrected chi connectivity index (χ3v) is 2.62. The number of benzene rings is 2.